The molecule has 0 fully saturated rings. The Morgan fingerprint density at radius 3 is 2.86 bits per heavy atom. The van der Waals surface area contributed by atoms with Crippen LogP contribution in [0.2, 0.25) is 0 Å². The fraction of sp³-hybridized carbons (Fsp3) is 0.227. The molecule has 1 aliphatic rings. The van der Waals surface area contributed by atoms with Crippen molar-refractivity contribution in [3.8, 4) is 5.88 Å². The molecule has 0 saturated heterocycles. The van der Waals surface area contributed by atoms with Crippen molar-refractivity contribution in [2.24, 2.45) is 15.0 Å². The molecule has 5 nitrogen and oxygen atoms in total. The second-order valence-electron chi connectivity index (χ2n) is 6.65. The molecule has 0 amide bonds. The Bertz CT molecular complexity index is 1190. The van der Waals surface area contributed by atoms with Crippen LogP contribution in [-0.2, 0) is 13.1 Å². The van der Waals surface area contributed by atoms with E-state index >= 15 is 0 Å². The number of fused-ring (bicyclic) bond motifs is 1. The molecular weight excluding hydrogens is 368 g/mol. The van der Waals surface area contributed by atoms with Gasteiger partial charge in [-0.25, -0.2) is 9.98 Å². The normalized spacial score (nSPS) is 13.8. The molecule has 142 valence electrons. The highest BCUT2D eigenvalue weighted by atomic mass is 32.1. The van der Waals surface area contributed by atoms with Crippen LogP contribution in [-0.4, -0.2) is 16.0 Å². The molecule has 3 aromatic rings. The lowest BCUT2D eigenvalue weighted by Gasteiger charge is -2.03. The van der Waals surface area contributed by atoms with Crippen LogP contribution in [0.1, 0.15) is 30.2 Å². The molecule has 1 aliphatic heterocycles. The standard InChI is InChI=1S/C22H22N4OS/c1-2-3-11-26-21(27)20(13-17-9-10-18-19(12-17)25-15-24-18)28-22(26)23-14-16-7-5-4-6-8-16/h4-10,12-13,15,27H,2-3,11,14H2,1H3/b17-13+,23-22?. The molecule has 2 aromatic carbocycles. The number of aromatic hydroxyl groups is 1. The van der Waals surface area contributed by atoms with E-state index in [2.05, 4.69) is 29.0 Å². The first kappa shape index (κ1) is 18.4. The van der Waals surface area contributed by atoms with Crippen LogP contribution in [0.15, 0.2) is 63.5 Å². The lowest BCUT2D eigenvalue weighted by molar-refractivity contribution is 0.405. The van der Waals surface area contributed by atoms with Gasteiger partial charge in [0.05, 0.1) is 22.5 Å². The first-order chi connectivity index (χ1) is 13.7. The van der Waals surface area contributed by atoms with Gasteiger partial charge >= 0.3 is 0 Å². The summed E-state index contributed by atoms with van der Waals surface area (Å²) in [5, 5.41) is 12.7. The van der Waals surface area contributed by atoms with Gasteiger partial charge in [-0.2, -0.15) is 0 Å². The van der Waals surface area contributed by atoms with E-state index in [4.69, 9.17) is 4.99 Å². The molecule has 6 heteroatoms. The van der Waals surface area contributed by atoms with Crippen LogP contribution in [0.4, 0.5) is 5.69 Å². The molecule has 0 saturated carbocycles. The van der Waals surface area contributed by atoms with Crippen LogP contribution in [0.25, 0.3) is 6.08 Å². The monoisotopic (exact) mass is 390 g/mol. The number of thiazole rings is 1. The highest BCUT2D eigenvalue weighted by Gasteiger charge is 2.11. The number of nitrogens with zero attached hydrogens (tertiary/aromatic N) is 4. The molecule has 0 radical (unpaired) electrons. The van der Waals surface area contributed by atoms with Crippen LogP contribution in [0, 0.1) is 0 Å². The lowest BCUT2D eigenvalue weighted by atomic mass is 10.2. The van der Waals surface area contributed by atoms with Crippen molar-refractivity contribution in [3.05, 3.63) is 74.3 Å². The fourth-order valence-corrected chi connectivity index (χ4v) is 4.05. The molecular formula is C22H22N4OS. The van der Waals surface area contributed by atoms with Crippen molar-refractivity contribution in [2.75, 3.05) is 0 Å². The number of hydrogen-bond acceptors (Lipinski definition) is 5. The SMILES string of the molecule is CCCCn1c(O)c(/C=c2\ccc3c(c2)N=CN=3)sc1=NCc1ccccc1. The van der Waals surface area contributed by atoms with Gasteiger partial charge in [-0.1, -0.05) is 61.1 Å². The Balaban J connectivity index is 1.74. The molecule has 2 heterocycles. The lowest BCUT2D eigenvalue weighted by Crippen LogP contribution is -2.14. The largest absolute Gasteiger partial charge is 0.493 e. The smallest absolute Gasteiger partial charge is 0.211 e. The van der Waals surface area contributed by atoms with Crippen molar-refractivity contribution in [3.63, 3.8) is 0 Å². The predicted octanol–water partition coefficient (Wildman–Crippen LogP) is 3.28. The fourth-order valence-electron chi connectivity index (χ4n) is 3.04. The molecule has 1 N–H and O–H groups in total. The molecule has 0 aliphatic carbocycles. The highest BCUT2D eigenvalue weighted by Crippen LogP contribution is 2.21. The third-order valence-corrected chi connectivity index (χ3v) is 5.63. The average molecular weight is 391 g/mol. The summed E-state index contributed by atoms with van der Waals surface area (Å²) in [6, 6.07) is 16.1. The van der Waals surface area contributed by atoms with E-state index in [1.807, 2.05) is 47.0 Å². The second kappa shape index (κ2) is 8.35. The predicted molar refractivity (Wildman–Crippen MR) is 114 cm³/mol. The number of aromatic nitrogens is 1. The Kier molecular flexibility index (Phi) is 5.48. The van der Waals surface area contributed by atoms with Crippen LogP contribution >= 0.6 is 11.3 Å². The van der Waals surface area contributed by atoms with E-state index in [1.54, 1.807) is 6.34 Å². The topological polar surface area (TPSA) is 62.2 Å². The molecule has 0 atom stereocenters. The third kappa shape index (κ3) is 3.97. The van der Waals surface area contributed by atoms with Gasteiger partial charge in [-0.05, 0) is 35.4 Å². The van der Waals surface area contributed by atoms with E-state index in [0.29, 0.717) is 6.54 Å². The number of unbranched alkanes of at least 4 members (excludes halogenated alkanes) is 1. The minimum absolute atomic E-state index is 0.277. The highest BCUT2D eigenvalue weighted by molar-refractivity contribution is 7.10. The van der Waals surface area contributed by atoms with Crippen molar-refractivity contribution in [1.82, 2.24) is 4.57 Å². The molecule has 4 rings (SSSR count). The number of benzene rings is 2. The van der Waals surface area contributed by atoms with Crippen molar-refractivity contribution < 1.29 is 5.11 Å². The summed E-state index contributed by atoms with van der Waals surface area (Å²) in [4.78, 5) is 14.9. The minimum Gasteiger partial charge on any atom is -0.493 e. The zero-order valence-electron chi connectivity index (χ0n) is 15.7. The molecule has 0 spiro atoms. The summed E-state index contributed by atoms with van der Waals surface area (Å²) >= 11 is 1.51. The van der Waals surface area contributed by atoms with Crippen molar-refractivity contribution >= 4 is 29.4 Å². The van der Waals surface area contributed by atoms with E-state index in [0.717, 1.165) is 50.9 Å². The maximum atomic E-state index is 10.8. The number of hydrogen-bond donors (Lipinski definition) is 1. The van der Waals surface area contributed by atoms with Gasteiger partial charge in [-0.15, -0.1) is 0 Å². The molecule has 0 unspecified atom stereocenters. The second-order valence-corrected chi connectivity index (χ2v) is 7.65. The summed E-state index contributed by atoms with van der Waals surface area (Å²) in [6.45, 7) is 3.50. The van der Waals surface area contributed by atoms with Gasteiger partial charge in [0.2, 0.25) is 5.88 Å². The molecule has 28 heavy (non-hydrogen) atoms. The van der Waals surface area contributed by atoms with Gasteiger partial charge in [0.1, 0.15) is 6.34 Å². The van der Waals surface area contributed by atoms with E-state index in [1.165, 1.54) is 11.3 Å². The Hall–Kier alpha value is -2.99. The summed E-state index contributed by atoms with van der Waals surface area (Å²) in [5.41, 5.74) is 2.01. The van der Waals surface area contributed by atoms with Crippen LogP contribution < -0.4 is 15.4 Å². The summed E-state index contributed by atoms with van der Waals surface area (Å²) in [7, 11) is 0. The average Bonchev–Trinajstić information content (AvgIpc) is 3.30. The number of aliphatic imine (C=N–C) groups is 1. The summed E-state index contributed by atoms with van der Waals surface area (Å²) < 4.78 is 1.92. The Morgan fingerprint density at radius 1 is 1.18 bits per heavy atom. The Labute approximate surface area is 167 Å². The quantitative estimate of drug-likeness (QED) is 0.690. The maximum absolute atomic E-state index is 10.8. The summed E-state index contributed by atoms with van der Waals surface area (Å²) in [6.07, 6.45) is 5.61. The van der Waals surface area contributed by atoms with Crippen LogP contribution in [0.3, 0.4) is 0 Å². The van der Waals surface area contributed by atoms with E-state index < -0.39 is 0 Å². The van der Waals surface area contributed by atoms with Gasteiger partial charge in [0, 0.05) is 6.54 Å². The van der Waals surface area contributed by atoms with Gasteiger partial charge < -0.3 is 5.11 Å². The van der Waals surface area contributed by atoms with Crippen molar-refractivity contribution in [2.45, 2.75) is 32.9 Å². The van der Waals surface area contributed by atoms with Gasteiger partial charge in [0.25, 0.3) is 0 Å². The zero-order chi connectivity index (χ0) is 19.3. The van der Waals surface area contributed by atoms with Gasteiger partial charge in [-0.3, -0.25) is 9.56 Å². The summed E-state index contributed by atoms with van der Waals surface area (Å²) in [5.74, 6) is 0.277. The minimum atomic E-state index is 0.277. The number of rotatable bonds is 6. The first-order valence-electron chi connectivity index (χ1n) is 9.44. The van der Waals surface area contributed by atoms with Gasteiger partial charge in [0.15, 0.2) is 4.80 Å². The Morgan fingerprint density at radius 2 is 2.04 bits per heavy atom. The van der Waals surface area contributed by atoms with Crippen LogP contribution in [0.5, 0.6) is 5.88 Å². The first-order valence-corrected chi connectivity index (χ1v) is 10.3. The molecule has 0 bridgehead atoms. The van der Waals surface area contributed by atoms with Crippen molar-refractivity contribution in [1.29, 1.82) is 0 Å². The third-order valence-electron chi connectivity index (χ3n) is 4.57. The van der Waals surface area contributed by atoms with E-state index in [-0.39, 0.29) is 5.88 Å². The maximum Gasteiger partial charge on any atom is 0.211 e. The zero-order valence-corrected chi connectivity index (χ0v) is 16.6. The molecule has 1 aromatic heterocycles. The van der Waals surface area contributed by atoms with E-state index in [9.17, 15) is 5.11 Å².